The first kappa shape index (κ1) is 19.3. The van der Waals surface area contributed by atoms with E-state index in [1.54, 1.807) is 33.7 Å². The normalized spacial score (nSPS) is 16.0. The number of aromatic nitrogens is 1. The highest BCUT2D eigenvalue weighted by Crippen LogP contribution is 2.25. The van der Waals surface area contributed by atoms with E-state index in [9.17, 15) is 18.0 Å². The largest absolute Gasteiger partial charge is 0.335 e. The number of carbonyl (C=O) groups is 1. The molecule has 0 radical (unpaired) electrons. The van der Waals surface area contributed by atoms with Gasteiger partial charge in [0.1, 0.15) is 0 Å². The first-order valence-electron chi connectivity index (χ1n) is 8.88. The molecule has 2 aromatic heterocycles. The lowest BCUT2D eigenvalue weighted by molar-refractivity contribution is 0.0703. The molecule has 1 aliphatic heterocycles. The third-order valence-electron chi connectivity index (χ3n) is 4.85. The van der Waals surface area contributed by atoms with Crippen molar-refractivity contribution in [2.45, 2.75) is 18.4 Å². The van der Waals surface area contributed by atoms with Crippen LogP contribution >= 0.6 is 22.7 Å². The lowest BCUT2D eigenvalue weighted by atomic mass is 10.3. The Morgan fingerprint density at radius 1 is 1.14 bits per heavy atom. The van der Waals surface area contributed by atoms with E-state index in [0.29, 0.717) is 29.2 Å². The van der Waals surface area contributed by atoms with Crippen LogP contribution in [0, 0.1) is 0 Å². The molecule has 1 saturated heterocycles. The van der Waals surface area contributed by atoms with E-state index in [4.69, 9.17) is 0 Å². The van der Waals surface area contributed by atoms with Crippen molar-refractivity contribution in [2.75, 3.05) is 26.2 Å². The Bertz CT molecular complexity index is 1170. The number of fused-ring (bicyclic) bond motifs is 1. The number of hydrogen-bond acceptors (Lipinski definition) is 6. The number of aryl methyl sites for hydroxylation is 1. The lowest BCUT2D eigenvalue weighted by Crippen LogP contribution is -2.50. The van der Waals surface area contributed by atoms with Gasteiger partial charge in [-0.15, -0.1) is 11.3 Å². The summed E-state index contributed by atoms with van der Waals surface area (Å²) in [6, 6.07) is 8.43. The van der Waals surface area contributed by atoms with Crippen molar-refractivity contribution in [3.8, 4) is 0 Å². The molecule has 7 nitrogen and oxygen atoms in total. The topological polar surface area (TPSA) is 79.7 Å². The van der Waals surface area contributed by atoms with Gasteiger partial charge in [0.05, 0.1) is 20.0 Å². The van der Waals surface area contributed by atoms with Gasteiger partial charge in [-0.25, -0.2) is 8.42 Å². The molecule has 0 atom stereocenters. The Morgan fingerprint density at radius 3 is 2.54 bits per heavy atom. The number of piperazine rings is 1. The van der Waals surface area contributed by atoms with E-state index < -0.39 is 10.0 Å². The molecule has 28 heavy (non-hydrogen) atoms. The number of benzene rings is 1. The third kappa shape index (κ3) is 3.30. The van der Waals surface area contributed by atoms with Gasteiger partial charge in [-0.1, -0.05) is 17.4 Å². The second-order valence-electron chi connectivity index (χ2n) is 6.42. The van der Waals surface area contributed by atoms with Crippen LogP contribution in [0.25, 0.3) is 10.2 Å². The molecule has 3 heterocycles. The molecule has 0 spiro atoms. The maximum Gasteiger partial charge on any atom is 0.308 e. The molecular formula is C18H19N3O4S3. The van der Waals surface area contributed by atoms with Crippen LogP contribution < -0.4 is 4.87 Å². The number of rotatable bonds is 4. The number of sulfonamides is 1. The van der Waals surface area contributed by atoms with Crippen molar-refractivity contribution in [2.24, 2.45) is 0 Å². The molecule has 148 valence electrons. The van der Waals surface area contributed by atoms with Crippen molar-refractivity contribution in [1.82, 2.24) is 13.8 Å². The first-order valence-corrected chi connectivity index (χ1v) is 12.0. The molecule has 1 fully saturated rings. The number of hydrogen-bond donors (Lipinski definition) is 0. The summed E-state index contributed by atoms with van der Waals surface area (Å²) in [6.07, 6.45) is 0. The molecule has 1 aromatic carbocycles. The van der Waals surface area contributed by atoms with Gasteiger partial charge < -0.3 is 4.90 Å². The highest BCUT2D eigenvalue weighted by Gasteiger charge is 2.31. The van der Waals surface area contributed by atoms with Crippen LogP contribution in [0.3, 0.4) is 0 Å². The Morgan fingerprint density at radius 2 is 1.89 bits per heavy atom. The summed E-state index contributed by atoms with van der Waals surface area (Å²) in [5, 5.41) is 1.85. The van der Waals surface area contributed by atoms with E-state index in [-0.39, 0.29) is 28.8 Å². The van der Waals surface area contributed by atoms with Gasteiger partial charge >= 0.3 is 4.87 Å². The van der Waals surface area contributed by atoms with Crippen molar-refractivity contribution < 1.29 is 13.2 Å². The molecule has 10 heteroatoms. The minimum atomic E-state index is -3.67. The van der Waals surface area contributed by atoms with E-state index in [2.05, 4.69) is 0 Å². The van der Waals surface area contributed by atoms with E-state index in [1.165, 1.54) is 15.6 Å². The van der Waals surface area contributed by atoms with Crippen LogP contribution in [0.4, 0.5) is 0 Å². The Balaban J connectivity index is 1.54. The lowest BCUT2D eigenvalue weighted by Gasteiger charge is -2.33. The van der Waals surface area contributed by atoms with Gasteiger partial charge in [-0.05, 0) is 36.6 Å². The average molecular weight is 438 g/mol. The van der Waals surface area contributed by atoms with Crippen LogP contribution in [-0.4, -0.2) is 54.3 Å². The zero-order valence-corrected chi connectivity index (χ0v) is 17.6. The van der Waals surface area contributed by atoms with Crippen molar-refractivity contribution >= 4 is 48.8 Å². The Hall–Kier alpha value is -2.01. The van der Waals surface area contributed by atoms with E-state index in [1.807, 2.05) is 18.4 Å². The molecule has 0 bridgehead atoms. The Labute approximate surface area is 170 Å². The van der Waals surface area contributed by atoms with E-state index in [0.717, 1.165) is 16.9 Å². The summed E-state index contributed by atoms with van der Waals surface area (Å²) < 4.78 is 29.8. The molecule has 0 aliphatic carbocycles. The summed E-state index contributed by atoms with van der Waals surface area (Å²) in [6.45, 7) is 3.66. The predicted molar refractivity (Wildman–Crippen MR) is 111 cm³/mol. The van der Waals surface area contributed by atoms with Crippen LogP contribution in [0.2, 0.25) is 0 Å². The fourth-order valence-electron chi connectivity index (χ4n) is 3.34. The number of carbonyl (C=O) groups excluding carboxylic acids is 1. The first-order chi connectivity index (χ1) is 13.4. The summed E-state index contributed by atoms with van der Waals surface area (Å²) in [5.74, 6) is -0.0563. The molecule has 4 rings (SSSR count). The molecule has 0 unspecified atom stereocenters. The second-order valence-corrected chi connectivity index (χ2v) is 10.3. The van der Waals surface area contributed by atoms with E-state index >= 15 is 0 Å². The van der Waals surface area contributed by atoms with Crippen LogP contribution in [0.1, 0.15) is 16.6 Å². The highest BCUT2D eigenvalue weighted by molar-refractivity contribution is 7.89. The van der Waals surface area contributed by atoms with Crippen LogP contribution in [0.5, 0.6) is 0 Å². The molecule has 0 saturated carbocycles. The summed E-state index contributed by atoms with van der Waals surface area (Å²) in [5.41, 5.74) is 0.753. The third-order valence-corrected chi connectivity index (χ3v) is 8.55. The van der Waals surface area contributed by atoms with Crippen molar-refractivity contribution in [3.63, 3.8) is 0 Å². The van der Waals surface area contributed by atoms with Crippen molar-refractivity contribution in [1.29, 1.82) is 0 Å². The van der Waals surface area contributed by atoms with Crippen LogP contribution in [0.15, 0.2) is 45.4 Å². The van der Waals surface area contributed by atoms with Crippen LogP contribution in [-0.2, 0) is 16.6 Å². The monoisotopic (exact) mass is 437 g/mol. The van der Waals surface area contributed by atoms with Crippen molar-refractivity contribution in [3.05, 3.63) is 50.3 Å². The fourth-order valence-corrected chi connectivity index (χ4v) is 6.55. The minimum absolute atomic E-state index is 0.0563. The zero-order valence-electron chi connectivity index (χ0n) is 15.2. The van der Waals surface area contributed by atoms with Gasteiger partial charge in [0, 0.05) is 32.7 Å². The van der Waals surface area contributed by atoms with Gasteiger partial charge in [-0.2, -0.15) is 4.31 Å². The number of nitrogens with zero attached hydrogens (tertiary/aromatic N) is 3. The molecular weight excluding hydrogens is 418 g/mol. The van der Waals surface area contributed by atoms with Gasteiger partial charge in [0.25, 0.3) is 5.91 Å². The summed E-state index contributed by atoms with van der Waals surface area (Å²) in [4.78, 5) is 26.9. The van der Waals surface area contributed by atoms with Gasteiger partial charge in [0.15, 0.2) is 0 Å². The standard InChI is InChI=1S/C18H19N3O4S3/c1-2-21-14-6-5-13(12-16(14)27-18(21)23)28(24,25)20-9-7-19(8-10-20)17(22)15-4-3-11-26-15/h3-6,11-12H,2,7-10H2,1H3. The quantitative estimate of drug-likeness (QED) is 0.627. The number of amides is 1. The Kier molecular flexibility index (Phi) is 5.13. The molecule has 1 amide bonds. The SMILES string of the molecule is CCn1c(=O)sc2cc(S(=O)(=O)N3CCN(C(=O)c4cccs4)CC3)ccc21. The maximum atomic E-state index is 13.0. The maximum absolute atomic E-state index is 13.0. The fraction of sp³-hybridized carbons (Fsp3) is 0.333. The summed E-state index contributed by atoms with van der Waals surface area (Å²) in [7, 11) is -3.67. The molecule has 3 aromatic rings. The highest BCUT2D eigenvalue weighted by atomic mass is 32.2. The minimum Gasteiger partial charge on any atom is -0.335 e. The summed E-state index contributed by atoms with van der Waals surface area (Å²) >= 11 is 2.44. The second kappa shape index (κ2) is 7.43. The average Bonchev–Trinajstić information content (AvgIpc) is 3.34. The number of thiophene rings is 1. The molecule has 0 N–H and O–H groups in total. The van der Waals surface area contributed by atoms with Gasteiger partial charge in [0.2, 0.25) is 10.0 Å². The molecule has 1 aliphatic rings. The van der Waals surface area contributed by atoms with Gasteiger partial charge in [-0.3, -0.25) is 14.2 Å². The zero-order chi connectivity index (χ0) is 19.9. The predicted octanol–water partition coefficient (Wildman–Crippen LogP) is 2.29. The smallest absolute Gasteiger partial charge is 0.308 e. The number of thiazole rings is 1.